The van der Waals surface area contributed by atoms with Gasteiger partial charge < -0.3 is 14.7 Å². The van der Waals surface area contributed by atoms with E-state index in [0.29, 0.717) is 12.8 Å². The van der Waals surface area contributed by atoms with Gasteiger partial charge in [-0.2, -0.15) is 0 Å². The lowest BCUT2D eigenvalue weighted by Crippen LogP contribution is -2.52. The smallest absolute Gasteiger partial charge is 0.410 e. The van der Waals surface area contributed by atoms with Gasteiger partial charge in [0.15, 0.2) is 0 Å². The molecule has 3 rings (SSSR count). The average molecular weight is 309 g/mol. The third kappa shape index (κ3) is 2.81. The molecule has 0 spiro atoms. The topological polar surface area (TPSA) is 49.8 Å². The third-order valence-corrected chi connectivity index (χ3v) is 5.41. The predicted molar refractivity (Wildman–Crippen MR) is 82.3 cm³/mol. The fourth-order valence-corrected chi connectivity index (χ4v) is 4.43. The van der Waals surface area contributed by atoms with Crippen molar-refractivity contribution in [2.45, 2.75) is 69.7 Å². The summed E-state index contributed by atoms with van der Waals surface area (Å²) in [4.78, 5) is 15.3. The normalized spacial score (nSPS) is 32.3. The van der Waals surface area contributed by atoms with E-state index >= 15 is 0 Å². The molecule has 0 saturated carbocycles. The summed E-state index contributed by atoms with van der Waals surface area (Å²) in [5, 5.41) is 13.0. The molecule has 2 unspecified atom stereocenters. The molecule has 0 aliphatic carbocycles. The summed E-state index contributed by atoms with van der Waals surface area (Å²) in [7, 11) is 0. The van der Waals surface area contributed by atoms with E-state index in [9.17, 15) is 9.90 Å². The zero-order chi connectivity index (χ0) is 15.3. The van der Waals surface area contributed by atoms with Gasteiger partial charge in [-0.25, -0.2) is 4.79 Å². The number of hydrogen-bond acceptors (Lipinski definition) is 4. The van der Waals surface area contributed by atoms with E-state index in [0.717, 1.165) is 17.7 Å². The van der Waals surface area contributed by atoms with E-state index in [-0.39, 0.29) is 18.2 Å². The molecule has 2 saturated heterocycles. The Kier molecular flexibility index (Phi) is 3.53. The maximum atomic E-state index is 12.4. The summed E-state index contributed by atoms with van der Waals surface area (Å²) in [6, 6.07) is 4.14. The fraction of sp³-hybridized carbons (Fsp3) is 0.688. The highest BCUT2D eigenvalue weighted by molar-refractivity contribution is 7.10. The lowest BCUT2D eigenvalue weighted by atomic mass is 9.85. The Labute approximate surface area is 129 Å². The molecule has 1 aromatic rings. The monoisotopic (exact) mass is 309 g/mol. The molecule has 0 radical (unpaired) electrons. The molecule has 1 N–H and O–H groups in total. The maximum Gasteiger partial charge on any atom is 0.410 e. The molecule has 2 atom stereocenters. The molecule has 2 aliphatic heterocycles. The van der Waals surface area contributed by atoms with Crippen molar-refractivity contribution >= 4 is 17.4 Å². The number of aliphatic hydroxyl groups is 1. The van der Waals surface area contributed by atoms with Crippen LogP contribution in [0.3, 0.4) is 0 Å². The molecule has 3 heterocycles. The van der Waals surface area contributed by atoms with Crippen molar-refractivity contribution in [2.75, 3.05) is 0 Å². The van der Waals surface area contributed by atoms with Crippen molar-refractivity contribution in [3.63, 3.8) is 0 Å². The molecule has 1 aromatic heterocycles. The zero-order valence-corrected chi connectivity index (χ0v) is 13.7. The van der Waals surface area contributed by atoms with Gasteiger partial charge in [-0.1, -0.05) is 6.07 Å². The second-order valence-electron chi connectivity index (χ2n) is 7.19. The van der Waals surface area contributed by atoms with Crippen LogP contribution in [0.2, 0.25) is 0 Å². The number of piperidine rings is 1. The van der Waals surface area contributed by atoms with Crippen LogP contribution in [0.4, 0.5) is 4.79 Å². The first-order valence-corrected chi connectivity index (χ1v) is 8.44. The Balaban J connectivity index is 1.77. The highest BCUT2D eigenvalue weighted by Gasteiger charge is 2.51. The molecule has 2 fully saturated rings. The van der Waals surface area contributed by atoms with Gasteiger partial charge >= 0.3 is 6.09 Å². The van der Waals surface area contributed by atoms with Gasteiger partial charge in [0.2, 0.25) is 0 Å². The first-order chi connectivity index (χ1) is 9.78. The predicted octanol–water partition coefficient (Wildman–Crippen LogP) is 3.50. The van der Waals surface area contributed by atoms with Gasteiger partial charge in [-0.05, 0) is 45.1 Å². The molecule has 1 amide bonds. The maximum absolute atomic E-state index is 12.4. The largest absolute Gasteiger partial charge is 0.444 e. The Bertz CT molecular complexity index is 506. The second kappa shape index (κ2) is 4.99. The summed E-state index contributed by atoms with van der Waals surface area (Å²) >= 11 is 1.60. The second-order valence-corrected chi connectivity index (χ2v) is 8.14. The number of fused-ring (bicyclic) bond motifs is 2. The van der Waals surface area contributed by atoms with Crippen LogP contribution in [-0.2, 0) is 10.3 Å². The minimum absolute atomic E-state index is 0.0886. The van der Waals surface area contributed by atoms with E-state index in [1.807, 2.05) is 43.2 Å². The lowest BCUT2D eigenvalue weighted by Gasteiger charge is -2.43. The summed E-state index contributed by atoms with van der Waals surface area (Å²) in [6.07, 6.45) is 2.91. The average Bonchev–Trinajstić information content (AvgIpc) is 2.95. The number of ether oxygens (including phenoxy) is 1. The van der Waals surface area contributed by atoms with Crippen molar-refractivity contribution in [1.82, 2.24) is 4.90 Å². The Morgan fingerprint density at radius 1 is 1.38 bits per heavy atom. The molecule has 21 heavy (non-hydrogen) atoms. The number of rotatable bonds is 1. The minimum Gasteiger partial charge on any atom is -0.444 e. The zero-order valence-electron chi connectivity index (χ0n) is 12.8. The number of carbonyl (C=O) groups excluding carboxylic acids is 1. The Hall–Kier alpha value is -1.07. The molecule has 4 nitrogen and oxygen atoms in total. The Morgan fingerprint density at radius 2 is 2.00 bits per heavy atom. The molecule has 0 aromatic carbocycles. The Morgan fingerprint density at radius 3 is 2.48 bits per heavy atom. The van der Waals surface area contributed by atoms with Crippen LogP contribution in [0.1, 0.15) is 51.3 Å². The third-order valence-electron chi connectivity index (χ3n) is 4.35. The van der Waals surface area contributed by atoms with E-state index in [1.165, 1.54) is 0 Å². The standard InChI is InChI=1S/C16H23NO3S/c1-15(2,3)20-14(18)17-11-6-7-12(17)10-16(19,9-11)13-5-4-8-21-13/h4-5,8,11-12,19H,6-7,9-10H2,1-3H3. The summed E-state index contributed by atoms with van der Waals surface area (Å²) in [5.41, 5.74) is -1.25. The van der Waals surface area contributed by atoms with Gasteiger partial charge in [0, 0.05) is 29.8 Å². The number of hydrogen-bond donors (Lipinski definition) is 1. The fourth-order valence-electron chi connectivity index (χ4n) is 3.58. The van der Waals surface area contributed by atoms with Crippen LogP contribution in [0.25, 0.3) is 0 Å². The van der Waals surface area contributed by atoms with Crippen molar-refractivity contribution in [3.8, 4) is 0 Å². The molecular weight excluding hydrogens is 286 g/mol. The van der Waals surface area contributed by atoms with Crippen LogP contribution in [0, 0.1) is 0 Å². The highest BCUT2D eigenvalue weighted by Crippen LogP contribution is 2.47. The number of amides is 1. The SMILES string of the molecule is CC(C)(C)OC(=O)N1C2CCC1CC(O)(c1cccs1)C2. The lowest BCUT2D eigenvalue weighted by molar-refractivity contribution is -0.0604. The van der Waals surface area contributed by atoms with Gasteiger partial charge in [-0.15, -0.1) is 11.3 Å². The molecule has 116 valence electrons. The quantitative estimate of drug-likeness (QED) is 0.864. The van der Waals surface area contributed by atoms with Crippen LogP contribution >= 0.6 is 11.3 Å². The van der Waals surface area contributed by atoms with Crippen LogP contribution in [0.15, 0.2) is 17.5 Å². The van der Waals surface area contributed by atoms with E-state index in [4.69, 9.17) is 4.74 Å². The van der Waals surface area contributed by atoms with Gasteiger partial charge in [0.1, 0.15) is 11.2 Å². The van der Waals surface area contributed by atoms with E-state index in [2.05, 4.69) is 0 Å². The highest BCUT2D eigenvalue weighted by atomic mass is 32.1. The first kappa shape index (κ1) is 14.9. The molecular formula is C16H23NO3S. The molecule has 2 aliphatic rings. The van der Waals surface area contributed by atoms with Crippen LogP contribution < -0.4 is 0 Å². The van der Waals surface area contributed by atoms with Crippen LogP contribution in [0.5, 0.6) is 0 Å². The summed E-state index contributed by atoms with van der Waals surface area (Å²) in [6.45, 7) is 5.66. The first-order valence-electron chi connectivity index (χ1n) is 7.56. The number of nitrogens with zero attached hydrogens (tertiary/aromatic N) is 1. The van der Waals surface area contributed by atoms with Gasteiger partial charge in [-0.3, -0.25) is 0 Å². The van der Waals surface area contributed by atoms with Gasteiger partial charge in [0.25, 0.3) is 0 Å². The van der Waals surface area contributed by atoms with Gasteiger partial charge in [0.05, 0.1) is 0 Å². The molecule has 2 bridgehead atoms. The van der Waals surface area contributed by atoms with Crippen molar-refractivity contribution in [3.05, 3.63) is 22.4 Å². The number of carbonyl (C=O) groups is 1. The van der Waals surface area contributed by atoms with Crippen molar-refractivity contribution in [1.29, 1.82) is 0 Å². The minimum atomic E-state index is -0.779. The van der Waals surface area contributed by atoms with Crippen molar-refractivity contribution < 1.29 is 14.6 Å². The number of thiophene rings is 1. The van der Waals surface area contributed by atoms with Crippen molar-refractivity contribution in [2.24, 2.45) is 0 Å². The summed E-state index contributed by atoms with van der Waals surface area (Å²) in [5.74, 6) is 0. The van der Waals surface area contributed by atoms with E-state index in [1.54, 1.807) is 11.3 Å². The van der Waals surface area contributed by atoms with E-state index < -0.39 is 11.2 Å². The van der Waals surface area contributed by atoms with Crippen LogP contribution in [-0.4, -0.2) is 33.8 Å². The summed E-state index contributed by atoms with van der Waals surface area (Å²) < 4.78 is 5.52. The molecule has 5 heteroatoms.